The van der Waals surface area contributed by atoms with E-state index in [9.17, 15) is 4.79 Å². The molecule has 1 aromatic heterocycles. The number of nitrogen functional groups attached to an aromatic ring is 1. The number of rotatable bonds is 4. The number of hydrogen-bond acceptors (Lipinski definition) is 3. The highest BCUT2D eigenvalue weighted by molar-refractivity contribution is 5.38. The Morgan fingerprint density at radius 3 is 2.45 bits per heavy atom. The zero-order chi connectivity index (χ0) is 14.7. The summed E-state index contributed by atoms with van der Waals surface area (Å²) in [5.41, 5.74) is 6.56. The van der Waals surface area contributed by atoms with Gasteiger partial charge in [0.05, 0.1) is 5.56 Å². The van der Waals surface area contributed by atoms with Crippen LogP contribution in [-0.4, -0.2) is 9.97 Å². The van der Waals surface area contributed by atoms with Crippen LogP contribution < -0.4 is 11.3 Å². The molecule has 0 bridgehead atoms. The molecule has 3 N–H and O–H groups in total. The van der Waals surface area contributed by atoms with Crippen LogP contribution in [0.15, 0.2) is 4.79 Å². The van der Waals surface area contributed by atoms with Crippen molar-refractivity contribution in [3.63, 3.8) is 0 Å². The number of nitrogens with one attached hydrogen (secondary N) is 1. The molecular weight excluding hydrogens is 250 g/mol. The first-order chi connectivity index (χ1) is 9.52. The minimum atomic E-state index is -0.0414. The van der Waals surface area contributed by atoms with E-state index in [-0.39, 0.29) is 5.56 Å². The maximum atomic E-state index is 12.1. The van der Waals surface area contributed by atoms with Gasteiger partial charge in [-0.1, -0.05) is 27.2 Å². The van der Waals surface area contributed by atoms with Crippen LogP contribution in [-0.2, 0) is 6.42 Å². The van der Waals surface area contributed by atoms with Crippen molar-refractivity contribution in [3.05, 3.63) is 21.7 Å². The number of nitrogens with two attached hydrogens (primary N) is 1. The van der Waals surface area contributed by atoms with E-state index < -0.39 is 0 Å². The summed E-state index contributed by atoms with van der Waals surface area (Å²) in [6.45, 7) is 6.63. The molecule has 4 nitrogen and oxygen atoms in total. The van der Waals surface area contributed by atoms with E-state index in [1.165, 1.54) is 12.8 Å². The van der Waals surface area contributed by atoms with Gasteiger partial charge in [-0.05, 0) is 43.9 Å². The van der Waals surface area contributed by atoms with Crippen LogP contribution in [0, 0.1) is 11.8 Å². The van der Waals surface area contributed by atoms with E-state index in [4.69, 9.17) is 5.73 Å². The standard InChI is InChI=1S/C16H27N3O/c1-4-5-13-14(17)18-15(19-16(13)20)12-8-6-11(7-9-12)10(2)3/h10-12H,4-9H2,1-3H3,(H3,17,18,19,20). The van der Waals surface area contributed by atoms with Crippen molar-refractivity contribution < 1.29 is 0 Å². The first-order valence-electron chi connectivity index (χ1n) is 7.91. The quantitative estimate of drug-likeness (QED) is 0.887. The Labute approximate surface area is 121 Å². The first kappa shape index (κ1) is 15.1. The van der Waals surface area contributed by atoms with Gasteiger partial charge in [0.25, 0.3) is 5.56 Å². The molecule has 0 spiro atoms. The molecule has 2 rings (SSSR count). The second-order valence-electron chi connectivity index (χ2n) is 6.42. The summed E-state index contributed by atoms with van der Waals surface area (Å²) in [7, 11) is 0. The number of aromatic amines is 1. The summed E-state index contributed by atoms with van der Waals surface area (Å²) in [5.74, 6) is 3.16. The van der Waals surface area contributed by atoms with Gasteiger partial charge in [-0.3, -0.25) is 4.79 Å². The van der Waals surface area contributed by atoms with Crippen LogP contribution in [0.3, 0.4) is 0 Å². The Hall–Kier alpha value is -1.32. The van der Waals surface area contributed by atoms with Gasteiger partial charge in [0.1, 0.15) is 11.6 Å². The van der Waals surface area contributed by atoms with Gasteiger partial charge in [0.15, 0.2) is 0 Å². The van der Waals surface area contributed by atoms with Crippen LogP contribution in [0.25, 0.3) is 0 Å². The second-order valence-corrected chi connectivity index (χ2v) is 6.42. The Kier molecular flexibility index (Phi) is 4.84. The van der Waals surface area contributed by atoms with Crippen LogP contribution in [0.1, 0.15) is 70.2 Å². The van der Waals surface area contributed by atoms with Crippen LogP contribution in [0.4, 0.5) is 5.82 Å². The molecule has 0 aliphatic heterocycles. The molecular formula is C16H27N3O. The highest BCUT2D eigenvalue weighted by atomic mass is 16.1. The van der Waals surface area contributed by atoms with E-state index >= 15 is 0 Å². The van der Waals surface area contributed by atoms with Gasteiger partial charge < -0.3 is 10.7 Å². The van der Waals surface area contributed by atoms with Crippen LogP contribution in [0.2, 0.25) is 0 Å². The smallest absolute Gasteiger partial charge is 0.256 e. The maximum absolute atomic E-state index is 12.1. The maximum Gasteiger partial charge on any atom is 0.256 e. The normalized spacial score (nSPS) is 23.2. The lowest BCUT2D eigenvalue weighted by Crippen LogP contribution is -2.24. The number of hydrogen-bond donors (Lipinski definition) is 2. The third kappa shape index (κ3) is 3.22. The molecule has 4 heteroatoms. The van der Waals surface area contributed by atoms with Gasteiger partial charge in [-0.25, -0.2) is 4.98 Å². The fourth-order valence-corrected chi connectivity index (χ4v) is 3.28. The number of anilines is 1. The highest BCUT2D eigenvalue weighted by Gasteiger charge is 2.26. The molecule has 1 saturated carbocycles. The van der Waals surface area contributed by atoms with E-state index in [0.29, 0.717) is 23.7 Å². The second kappa shape index (κ2) is 6.42. The zero-order valence-corrected chi connectivity index (χ0v) is 12.9. The molecule has 0 saturated heterocycles. The molecule has 0 atom stereocenters. The van der Waals surface area contributed by atoms with Gasteiger partial charge in [0, 0.05) is 5.92 Å². The van der Waals surface area contributed by atoms with E-state index in [2.05, 4.69) is 23.8 Å². The van der Waals surface area contributed by atoms with Crippen molar-refractivity contribution in [2.75, 3.05) is 5.73 Å². The molecule has 0 radical (unpaired) electrons. The molecule has 1 aliphatic rings. The minimum Gasteiger partial charge on any atom is -0.383 e. The first-order valence-corrected chi connectivity index (χ1v) is 7.91. The summed E-state index contributed by atoms with van der Waals surface area (Å²) in [6, 6.07) is 0. The summed E-state index contributed by atoms with van der Waals surface area (Å²) in [6.07, 6.45) is 6.28. The van der Waals surface area contributed by atoms with Gasteiger partial charge in [-0.2, -0.15) is 0 Å². The molecule has 1 aromatic rings. The third-order valence-corrected chi connectivity index (χ3v) is 4.67. The Balaban J connectivity index is 2.13. The fraction of sp³-hybridized carbons (Fsp3) is 0.750. The third-order valence-electron chi connectivity index (χ3n) is 4.67. The van der Waals surface area contributed by atoms with E-state index in [1.807, 2.05) is 6.92 Å². The van der Waals surface area contributed by atoms with Crippen molar-refractivity contribution in [1.82, 2.24) is 9.97 Å². The van der Waals surface area contributed by atoms with Crippen molar-refractivity contribution in [1.29, 1.82) is 0 Å². The Bertz CT molecular complexity index is 499. The fourth-order valence-electron chi connectivity index (χ4n) is 3.28. The molecule has 1 aliphatic carbocycles. The zero-order valence-electron chi connectivity index (χ0n) is 12.9. The molecule has 20 heavy (non-hydrogen) atoms. The van der Waals surface area contributed by atoms with Crippen LogP contribution in [0.5, 0.6) is 0 Å². The minimum absolute atomic E-state index is 0.0414. The summed E-state index contributed by atoms with van der Waals surface area (Å²) >= 11 is 0. The predicted octanol–water partition coefficient (Wildman–Crippen LogP) is 3.23. The number of nitrogens with zero attached hydrogens (tertiary/aromatic N) is 1. The Morgan fingerprint density at radius 2 is 1.95 bits per heavy atom. The molecule has 0 aromatic carbocycles. The monoisotopic (exact) mass is 277 g/mol. The number of H-pyrrole nitrogens is 1. The van der Waals surface area contributed by atoms with Crippen LogP contribution >= 0.6 is 0 Å². The molecule has 1 fully saturated rings. The lowest BCUT2D eigenvalue weighted by molar-refractivity contribution is 0.254. The molecule has 0 unspecified atom stereocenters. The van der Waals surface area contributed by atoms with Crippen molar-refractivity contribution in [2.24, 2.45) is 11.8 Å². The summed E-state index contributed by atoms with van der Waals surface area (Å²) < 4.78 is 0. The van der Waals surface area contributed by atoms with E-state index in [0.717, 1.165) is 36.9 Å². The van der Waals surface area contributed by atoms with Crippen molar-refractivity contribution >= 4 is 5.82 Å². The van der Waals surface area contributed by atoms with E-state index in [1.54, 1.807) is 0 Å². The average molecular weight is 277 g/mol. The Morgan fingerprint density at radius 1 is 1.30 bits per heavy atom. The lowest BCUT2D eigenvalue weighted by Gasteiger charge is -2.30. The summed E-state index contributed by atoms with van der Waals surface area (Å²) in [5, 5.41) is 0. The SMILES string of the molecule is CCCc1c(N)nc(C2CCC(C(C)C)CC2)[nH]c1=O. The largest absolute Gasteiger partial charge is 0.383 e. The predicted molar refractivity (Wildman–Crippen MR) is 82.8 cm³/mol. The topological polar surface area (TPSA) is 71.8 Å². The molecule has 112 valence electrons. The molecule has 1 heterocycles. The number of aromatic nitrogens is 2. The molecule has 0 amide bonds. The van der Waals surface area contributed by atoms with Gasteiger partial charge in [0.2, 0.25) is 0 Å². The highest BCUT2D eigenvalue weighted by Crippen LogP contribution is 2.37. The van der Waals surface area contributed by atoms with Crippen molar-refractivity contribution in [3.8, 4) is 0 Å². The van der Waals surface area contributed by atoms with Crippen molar-refractivity contribution in [2.45, 2.75) is 65.2 Å². The van der Waals surface area contributed by atoms with Gasteiger partial charge >= 0.3 is 0 Å². The summed E-state index contributed by atoms with van der Waals surface area (Å²) in [4.78, 5) is 19.5. The lowest BCUT2D eigenvalue weighted by atomic mass is 9.76. The van der Waals surface area contributed by atoms with Gasteiger partial charge in [-0.15, -0.1) is 0 Å². The average Bonchev–Trinajstić information content (AvgIpc) is 2.42.